The van der Waals surface area contributed by atoms with Crippen LogP contribution < -0.4 is 10.5 Å². The van der Waals surface area contributed by atoms with Gasteiger partial charge in [-0.05, 0) is 31.0 Å². The van der Waals surface area contributed by atoms with Crippen LogP contribution in [0.25, 0.3) is 0 Å². The molecule has 0 aliphatic rings. The number of nitrogens with two attached hydrogens (primary N) is 1. The van der Waals surface area contributed by atoms with Gasteiger partial charge in [-0.1, -0.05) is 12.1 Å². The number of ether oxygens (including phenoxy) is 2. The Labute approximate surface area is 102 Å². The lowest BCUT2D eigenvalue weighted by Crippen LogP contribution is -2.23. The molecule has 0 radical (unpaired) electrons. The van der Waals surface area contributed by atoms with Crippen LogP contribution in [0.4, 0.5) is 0 Å². The van der Waals surface area contributed by atoms with E-state index in [1.807, 2.05) is 32.0 Å². The van der Waals surface area contributed by atoms with E-state index in [9.17, 15) is 4.79 Å². The predicted octanol–water partition coefficient (Wildman–Crippen LogP) is 1.44. The van der Waals surface area contributed by atoms with Crippen LogP contribution >= 0.6 is 0 Å². The monoisotopic (exact) mass is 237 g/mol. The van der Waals surface area contributed by atoms with E-state index in [0.717, 1.165) is 16.9 Å². The van der Waals surface area contributed by atoms with Gasteiger partial charge < -0.3 is 15.2 Å². The molecule has 0 saturated carbocycles. The molecule has 4 heteroatoms. The highest BCUT2D eigenvalue weighted by Crippen LogP contribution is 2.21. The average Bonchev–Trinajstić information content (AvgIpc) is 2.31. The highest BCUT2D eigenvalue weighted by molar-refractivity contribution is 5.71. The van der Waals surface area contributed by atoms with Crippen LogP contribution in [0.1, 0.15) is 18.1 Å². The molecular weight excluding hydrogens is 218 g/mol. The number of carbonyl (C=O) groups excluding carboxylic acids is 1. The second kappa shape index (κ2) is 6.25. The smallest absolute Gasteiger partial charge is 0.319 e. The Morgan fingerprint density at radius 1 is 1.47 bits per heavy atom. The number of carbonyl (C=O) groups is 1. The largest absolute Gasteiger partial charge is 0.496 e. The van der Waals surface area contributed by atoms with Gasteiger partial charge in [0.15, 0.2) is 0 Å². The van der Waals surface area contributed by atoms with E-state index >= 15 is 0 Å². The van der Waals surface area contributed by atoms with Gasteiger partial charge in [0.2, 0.25) is 0 Å². The molecule has 1 unspecified atom stereocenters. The number of aryl methyl sites for hydroxylation is 1. The molecule has 0 heterocycles. The quantitative estimate of drug-likeness (QED) is 0.787. The third-order valence-electron chi connectivity index (χ3n) is 2.45. The molecule has 0 aromatic heterocycles. The SMILES string of the molecule is COc1cc(C)ccc1CC(C)OC(=O)CN. The van der Waals surface area contributed by atoms with Crippen molar-refractivity contribution in [2.24, 2.45) is 5.73 Å². The lowest BCUT2D eigenvalue weighted by atomic mass is 10.1. The van der Waals surface area contributed by atoms with Gasteiger partial charge in [0.05, 0.1) is 13.7 Å². The summed E-state index contributed by atoms with van der Waals surface area (Å²) in [7, 11) is 1.63. The first-order chi connectivity index (χ1) is 8.06. The zero-order chi connectivity index (χ0) is 12.8. The van der Waals surface area contributed by atoms with Crippen LogP contribution in [0.3, 0.4) is 0 Å². The maximum atomic E-state index is 11.0. The number of esters is 1. The van der Waals surface area contributed by atoms with Crippen molar-refractivity contribution in [2.75, 3.05) is 13.7 Å². The summed E-state index contributed by atoms with van der Waals surface area (Å²) in [5, 5.41) is 0. The van der Waals surface area contributed by atoms with Crippen LogP contribution in [0.15, 0.2) is 18.2 Å². The lowest BCUT2D eigenvalue weighted by Gasteiger charge is -2.15. The molecule has 0 bridgehead atoms. The minimum Gasteiger partial charge on any atom is -0.496 e. The van der Waals surface area contributed by atoms with Crippen molar-refractivity contribution in [3.63, 3.8) is 0 Å². The Balaban J connectivity index is 2.70. The zero-order valence-corrected chi connectivity index (χ0v) is 10.5. The van der Waals surface area contributed by atoms with Crippen LogP contribution in [-0.4, -0.2) is 25.7 Å². The molecule has 0 saturated heterocycles. The van der Waals surface area contributed by atoms with Gasteiger partial charge in [0, 0.05) is 6.42 Å². The summed E-state index contributed by atoms with van der Waals surface area (Å²) < 4.78 is 10.4. The van der Waals surface area contributed by atoms with Gasteiger partial charge in [0.25, 0.3) is 0 Å². The fraction of sp³-hybridized carbons (Fsp3) is 0.462. The Morgan fingerprint density at radius 3 is 2.76 bits per heavy atom. The first-order valence-electron chi connectivity index (χ1n) is 5.60. The first-order valence-corrected chi connectivity index (χ1v) is 5.60. The molecule has 0 aliphatic heterocycles. The van der Waals surface area contributed by atoms with Gasteiger partial charge in [-0.3, -0.25) is 4.79 Å². The number of rotatable bonds is 5. The van der Waals surface area contributed by atoms with E-state index in [1.54, 1.807) is 7.11 Å². The normalized spacial score (nSPS) is 12.0. The highest BCUT2D eigenvalue weighted by Gasteiger charge is 2.12. The molecule has 0 spiro atoms. The molecule has 0 aliphatic carbocycles. The Kier molecular flexibility index (Phi) is 4.97. The van der Waals surface area contributed by atoms with Crippen LogP contribution in [0.5, 0.6) is 5.75 Å². The fourth-order valence-corrected chi connectivity index (χ4v) is 1.64. The third-order valence-corrected chi connectivity index (χ3v) is 2.45. The van der Waals surface area contributed by atoms with Crippen molar-refractivity contribution in [3.8, 4) is 5.75 Å². The molecule has 1 rings (SSSR count). The molecular formula is C13H19NO3. The standard InChI is InChI=1S/C13H19NO3/c1-9-4-5-11(12(6-9)16-3)7-10(2)17-13(15)8-14/h4-6,10H,7-8,14H2,1-3H3. The summed E-state index contributed by atoms with van der Waals surface area (Å²) in [6.07, 6.45) is 0.414. The van der Waals surface area contributed by atoms with Crippen molar-refractivity contribution >= 4 is 5.97 Å². The van der Waals surface area contributed by atoms with Gasteiger partial charge >= 0.3 is 5.97 Å². The summed E-state index contributed by atoms with van der Waals surface area (Å²) in [5.74, 6) is 0.434. The van der Waals surface area contributed by atoms with Gasteiger partial charge in [-0.15, -0.1) is 0 Å². The average molecular weight is 237 g/mol. The topological polar surface area (TPSA) is 61.5 Å². The Morgan fingerprint density at radius 2 is 2.18 bits per heavy atom. The zero-order valence-electron chi connectivity index (χ0n) is 10.5. The first kappa shape index (κ1) is 13.5. The number of methoxy groups -OCH3 is 1. The molecule has 1 aromatic rings. The summed E-state index contributed by atoms with van der Waals surface area (Å²) >= 11 is 0. The number of hydrogen-bond acceptors (Lipinski definition) is 4. The minimum absolute atomic E-state index is 0.0879. The van der Waals surface area contributed by atoms with Crippen LogP contribution in [0.2, 0.25) is 0 Å². The van der Waals surface area contributed by atoms with Crippen molar-refractivity contribution in [2.45, 2.75) is 26.4 Å². The second-order valence-corrected chi connectivity index (χ2v) is 4.02. The molecule has 4 nitrogen and oxygen atoms in total. The number of benzene rings is 1. The van der Waals surface area contributed by atoms with E-state index in [4.69, 9.17) is 15.2 Å². The highest BCUT2D eigenvalue weighted by atomic mass is 16.5. The molecule has 1 aromatic carbocycles. The van der Waals surface area contributed by atoms with Crippen molar-refractivity contribution in [3.05, 3.63) is 29.3 Å². The molecule has 94 valence electrons. The van der Waals surface area contributed by atoms with E-state index in [0.29, 0.717) is 6.42 Å². The van der Waals surface area contributed by atoms with Crippen molar-refractivity contribution in [1.82, 2.24) is 0 Å². The maximum Gasteiger partial charge on any atom is 0.319 e. The molecule has 0 amide bonds. The Bertz CT molecular complexity index is 390. The fourth-order valence-electron chi connectivity index (χ4n) is 1.64. The molecule has 2 N–H and O–H groups in total. The summed E-state index contributed by atoms with van der Waals surface area (Å²) in [4.78, 5) is 11.0. The van der Waals surface area contributed by atoms with Gasteiger partial charge in [0.1, 0.15) is 11.9 Å². The van der Waals surface area contributed by atoms with E-state index < -0.39 is 0 Å². The molecule has 17 heavy (non-hydrogen) atoms. The van der Waals surface area contributed by atoms with E-state index in [-0.39, 0.29) is 18.6 Å². The van der Waals surface area contributed by atoms with E-state index in [1.165, 1.54) is 0 Å². The van der Waals surface area contributed by atoms with Crippen molar-refractivity contribution in [1.29, 1.82) is 0 Å². The lowest BCUT2D eigenvalue weighted by molar-refractivity contribution is -0.146. The summed E-state index contributed by atoms with van der Waals surface area (Å²) in [6.45, 7) is 3.76. The second-order valence-electron chi connectivity index (χ2n) is 4.02. The third kappa shape index (κ3) is 4.07. The minimum atomic E-state index is -0.386. The maximum absolute atomic E-state index is 11.0. The van der Waals surface area contributed by atoms with Gasteiger partial charge in [-0.25, -0.2) is 0 Å². The predicted molar refractivity (Wildman–Crippen MR) is 66.0 cm³/mol. The number of hydrogen-bond donors (Lipinski definition) is 1. The van der Waals surface area contributed by atoms with Gasteiger partial charge in [-0.2, -0.15) is 0 Å². The summed E-state index contributed by atoms with van der Waals surface area (Å²) in [5.41, 5.74) is 7.35. The molecule has 1 atom stereocenters. The molecule has 0 fully saturated rings. The van der Waals surface area contributed by atoms with Crippen LogP contribution in [-0.2, 0) is 16.0 Å². The van der Waals surface area contributed by atoms with E-state index in [2.05, 4.69) is 0 Å². The van der Waals surface area contributed by atoms with Crippen molar-refractivity contribution < 1.29 is 14.3 Å². The Hall–Kier alpha value is -1.55. The summed E-state index contributed by atoms with van der Waals surface area (Å²) in [6, 6.07) is 5.96. The van der Waals surface area contributed by atoms with Crippen LogP contribution in [0, 0.1) is 6.92 Å².